The van der Waals surface area contributed by atoms with E-state index >= 15 is 0 Å². The zero-order chi connectivity index (χ0) is 19.8. The first kappa shape index (κ1) is 25.3. The summed E-state index contributed by atoms with van der Waals surface area (Å²) in [5.41, 5.74) is -1.26. The molecule has 3 N–H and O–H groups in total. The zero-order valence-electron chi connectivity index (χ0n) is 15.9. The Hall–Kier alpha value is -0.680. The van der Waals surface area contributed by atoms with Gasteiger partial charge in [0.15, 0.2) is 0 Å². The molecule has 26 heavy (non-hydrogen) atoms. The van der Waals surface area contributed by atoms with Gasteiger partial charge < -0.3 is 29.9 Å². The van der Waals surface area contributed by atoms with E-state index in [1.54, 1.807) is 0 Å². The van der Waals surface area contributed by atoms with Crippen molar-refractivity contribution < 1.29 is 29.3 Å². The number of alkyl carbamates (subject to hydrolysis) is 1. The van der Waals surface area contributed by atoms with Gasteiger partial charge in [-0.1, -0.05) is 35.4 Å². The Kier molecular flexibility index (Phi) is 15.0. The smallest absolute Gasteiger partial charge is 0.407 e. The highest BCUT2D eigenvalue weighted by Crippen LogP contribution is 2.21. The van der Waals surface area contributed by atoms with Gasteiger partial charge in [-0.2, -0.15) is 0 Å². The first-order valence-electron chi connectivity index (χ1n) is 8.69. The molecule has 0 atom stereocenters. The fraction of sp³-hybridized carbons (Fsp3) is 0.875. The molecule has 0 unspecified atom stereocenters. The maximum Gasteiger partial charge on any atom is 0.407 e. The summed E-state index contributed by atoms with van der Waals surface area (Å²) < 4.78 is 10.1. The van der Waals surface area contributed by atoms with Crippen molar-refractivity contribution >= 4 is 33.7 Å². The van der Waals surface area contributed by atoms with Crippen LogP contribution in [0.15, 0.2) is 0 Å². The molecule has 0 aromatic rings. The number of nitrogens with zero attached hydrogens (tertiary/aromatic N) is 1. The number of rotatable bonds is 15. The predicted octanol–water partition coefficient (Wildman–Crippen LogP) is 0.970. The summed E-state index contributed by atoms with van der Waals surface area (Å²) in [5, 5.41) is 20.9. The van der Waals surface area contributed by atoms with Crippen molar-refractivity contribution in [2.75, 3.05) is 64.1 Å². The molecule has 0 rings (SSSR count). The molecule has 10 heteroatoms. The molecule has 0 spiro atoms. The van der Waals surface area contributed by atoms with Crippen molar-refractivity contribution in [1.29, 1.82) is 0 Å². The highest BCUT2D eigenvalue weighted by atomic mass is 33.1. The normalized spacial score (nSPS) is 11.5. The molecule has 0 bridgehead atoms. The minimum absolute atomic E-state index is 0.193. The third kappa shape index (κ3) is 11.1. The van der Waals surface area contributed by atoms with Crippen LogP contribution in [0.1, 0.15) is 20.8 Å². The second-order valence-corrected chi connectivity index (χ2v) is 8.45. The van der Waals surface area contributed by atoms with E-state index in [4.69, 9.17) is 19.7 Å². The quantitative estimate of drug-likeness (QED) is 0.206. The van der Waals surface area contributed by atoms with Crippen molar-refractivity contribution in [3.8, 4) is 0 Å². The largest absolute Gasteiger partial charge is 0.464 e. The monoisotopic (exact) mass is 412 g/mol. The van der Waals surface area contributed by atoms with Crippen molar-refractivity contribution in [2.24, 2.45) is 5.41 Å². The Morgan fingerprint density at radius 1 is 1.04 bits per heavy atom. The summed E-state index contributed by atoms with van der Waals surface area (Å²) in [7, 11) is 3.01. The van der Waals surface area contributed by atoms with E-state index < -0.39 is 30.7 Å². The predicted molar refractivity (Wildman–Crippen MR) is 105 cm³/mol. The van der Waals surface area contributed by atoms with E-state index in [9.17, 15) is 9.59 Å². The van der Waals surface area contributed by atoms with Crippen LogP contribution in [-0.2, 0) is 14.3 Å². The lowest BCUT2D eigenvalue weighted by Gasteiger charge is -2.21. The number of ether oxygens (including phenoxy) is 2. The van der Waals surface area contributed by atoms with E-state index in [1.807, 2.05) is 0 Å². The minimum Gasteiger partial charge on any atom is -0.464 e. The lowest BCUT2D eigenvalue weighted by molar-refractivity contribution is -0.159. The maximum absolute atomic E-state index is 11.7. The van der Waals surface area contributed by atoms with Gasteiger partial charge in [0.1, 0.15) is 18.6 Å². The van der Waals surface area contributed by atoms with Crippen LogP contribution in [0.4, 0.5) is 4.79 Å². The number of hydrogen-bond donors (Lipinski definition) is 3. The molecule has 8 nitrogen and oxygen atoms in total. The average Bonchev–Trinajstić information content (AvgIpc) is 2.66. The summed E-state index contributed by atoms with van der Waals surface area (Å²) >= 11 is 0. The maximum atomic E-state index is 11.7. The first-order chi connectivity index (χ1) is 12.4. The lowest BCUT2D eigenvalue weighted by Crippen LogP contribution is -2.37. The van der Waals surface area contributed by atoms with E-state index in [1.165, 1.54) is 28.5 Å². The van der Waals surface area contributed by atoms with Crippen LogP contribution in [0.25, 0.3) is 0 Å². The Labute approximate surface area is 163 Å². The van der Waals surface area contributed by atoms with E-state index in [0.717, 1.165) is 19.6 Å². The van der Waals surface area contributed by atoms with Gasteiger partial charge in [0, 0.05) is 24.6 Å². The highest BCUT2D eigenvalue weighted by molar-refractivity contribution is 8.76. The number of esters is 1. The number of aliphatic hydroxyl groups is 2. The molecule has 0 aromatic carbocycles. The lowest BCUT2D eigenvalue weighted by atomic mass is 9.93. The molecule has 0 aliphatic heterocycles. The van der Waals surface area contributed by atoms with Gasteiger partial charge in [-0.05, 0) is 20.0 Å². The van der Waals surface area contributed by atoms with Gasteiger partial charge in [-0.25, -0.2) is 4.79 Å². The standard InChI is InChI=1S/C16H32N2O6S2/c1-4-18(5-2)7-6-17-15(22)24-9-11-26-25-10-8-23-14(21)16(3,12-19)13-20/h19-20H,4-13H2,1-3H3,(H,17,22). The molecular formula is C16H32N2O6S2. The van der Waals surface area contributed by atoms with Gasteiger partial charge in [0.2, 0.25) is 0 Å². The van der Waals surface area contributed by atoms with E-state index in [2.05, 4.69) is 24.1 Å². The molecular weight excluding hydrogens is 380 g/mol. The summed E-state index contributed by atoms with van der Waals surface area (Å²) in [4.78, 5) is 25.4. The van der Waals surface area contributed by atoms with Gasteiger partial charge in [-0.15, -0.1) is 0 Å². The number of nitrogens with one attached hydrogen (secondary N) is 1. The number of carbonyl (C=O) groups excluding carboxylic acids is 2. The molecule has 154 valence electrons. The summed E-state index contributed by atoms with van der Waals surface area (Å²) in [6, 6.07) is 0. The van der Waals surface area contributed by atoms with Gasteiger partial charge in [0.25, 0.3) is 0 Å². The second-order valence-electron chi connectivity index (χ2n) is 5.75. The summed E-state index contributed by atoms with van der Waals surface area (Å²) in [6.45, 7) is 8.46. The van der Waals surface area contributed by atoms with Crippen molar-refractivity contribution in [3.63, 3.8) is 0 Å². The fourth-order valence-electron chi connectivity index (χ4n) is 1.71. The molecule has 0 aliphatic rings. The molecule has 0 heterocycles. The third-order valence-corrected chi connectivity index (χ3v) is 6.00. The van der Waals surface area contributed by atoms with Gasteiger partial charge >= 0.3 is 12.1 Å². The number of amides is 1. The van der Waals surface area contributed by atoms with Crippen LogP contribution in [0.5, 0.6) is 0 Å². The summed E-state index contributed by atoms with van der Waals surface area (Å²) in [5.74, 6) is 0.588. The van der Waals surface area contributed by atoms with Crippen LogP contribution in [0.2, 0.25) is 0 Å². The van der Waals surface area contributed by atoms with Crippen LogP contribution >= 0.6 is 21.6 Å². The number of likely N-dealkylation sites (N-methyl/N-ethyl adjacent to an activating group) is 1. The van der Waals surface area contributed by atoms with Crippen LogP contribution in [0.3, 0.4) is 0 Å². The molecule has 0 aliphatic carbocycles. The molecule has 0 radical (unpaired) electrons. The van der Waals surface area contributed by atoms with Gasteiger partial charge in [0.05, 0.1) is 13.2 Å². The van der Waals surface area contributed by atoms with E-state index in [-0.39, 0.29) is 6.61 Å². The highest BCUT2D eigenvalue weighted by Gasteiger charge is 2.33. The van der Waals surface area contributed by atoms with Gasteiger partial charge in [-0.3, -0.25) is 4.79 Å². The SMILES string of the molecule is CCN(CC)CCNC(=O)OCCSSCCOC(=O)C(C)(CO)CO. The Balaban J connectivity index is 3.56. The number of hydrogen-bond acceptors (Lipinski definition) is 9. The summed E-state index contributed by atoms with van der Waals surface area (Å²) in [6.07, 6.45) is -0.413. The molecule has 1 amide bonds. The van der Waals surface area contributed by atoms with Crippen molar-refractivity contribution in [1.82, 2.24) is 10.2 Å². The minimum atomic E-state index is -1.26. The topological polar surface area (TPSA) is 108 Å². The zero-order valence-corrected chi connectivity index (χ0v) is 17.5. The number of carbonyl (C=O) groups is 2. The number of aliphatic hydroxyl groups excluding tert-OH is 2. The average molecular weight is 413 g/mol. The molecule has 0 aromatic heterocycles. The third-order valence-electron chi connectivity index (χ3n) is 3.67. The van der Waals surface area contributed by atoms with Crippen molar-refractivity contribution in [3.05, 3.63) is 0 Å². The van der Waals surface area contributed by atoms with Crippen LogP contribution < -0.4 is 5.32 Å². The molecule has 0 fully saturated rings. The molecule has 0 saturated carbocycles. The Bertz CT molecular complexity index is 393. The second kappa shape index (κ2) is 15.4. The van der Waals surface area contributed by atoms with Crippen LogP contribution in [-0.4, -0.2) is 91.3 Å². The van der Waals surface area contributed by atoms with Crippen LogP contribution in [0, 0.1) is 5.41 Å². The van der Waals surface area contributed by atoms with Crippen molar-refractivity contribution in [2.45, 2.75) is 20.8 Å². The Morgan fingerprint density at radius 2 is 1.58 bits per heavy atom. The first-order valence-corrected chi connectivity index (χ1v) is 11.2. The van der Waals surface area contributed by atoms with E-state index in [0.29, 0.717) is 24.7 Å². The molecule has 0 saturated heterocycles. The Morgan fingerprint density at radius 3 is 2.08 bits per heavy atom. The fourth-order valence-corrected chi connectivity index (χ4v) is 3.37.